The summed E-state index contributed by atoms with van der Waals surface area (Å²) in [6.07, 6.45) is 3.32. The van der Waals surface area contributed by atoms with Gasteiger partial charge in [0, 0.05) is 12.1 Å². The summed E-state index contributed by atoms with van der Waals surface area (Å²) in [6.45, 7) is 0. The molecule has 1 rings (SSSR count). The molecule has 62 valence electrons. The van der Waals surface area contributed by atoms with Crippen LogP contribution in [0.25, 0.3) is 0 Å². The van der Waals surface area contributed by atoms with Crippen LogP contribution in [0.4, 0.5) is 0 Å². The Morgan fingerprint density at radius 2 is 2.25 bits per heavy atom. The Labute approximate surface area is 69.8 Å². The van der Waals surface area contributed by atoms with Crippen molar-refractivity contribution >= 4 is 12.2 Å². The molecule has 0 aliphatic rings. The summed E-state index contributed by atoms with van der Waals surface area (Å²) in [7, 11) is 0. The van der Waals surface area contributed by atoms with Crippen molar-refractivity contribution in [2.75, 3.05) is 0 Å². The number of pyridine rings is 1. The molecule has 0 saturated heterocycles. The number of guanidine groups is 1. The van der Waals surface area contributed by atoms with Crippen molar-refractivity contribution in [3.63, 3.8) is 0 Å². The summed E-state index contributed by atoms with van der Waals surface area (Å²) in [6, 6.07) is 5.61. The molecular weight excluding hydrogens is 154 g/mol. The van der Waals surface area contributed by atoms with Crippen LogP contribution >= 0.6 is 0 Å². The smallest absolute Gasteiger partial charge is 0.223 e. The molecule has 0 aliphatic heterocycles. The molecular formula is C7H10N5+. The van der Waals surface area contributed by atoms with E-state index in [-0.39, 0.29) is 5.96 Å². The van der Waals surface area contributed by atoms with Crippen LogP contribution in [-0.2, 0) is 0 Å². The first-order chi connectivity index (χ1) is 5.79. The van der Waals surface area contributed by atoms with E-state index >= 15 is 0 Å². The Bertz CT molecular complexity index is 286. The molecule has 1 aromatic rings. The van der Waals surface area contributed by atoms with Crippen molar-refractivity contribution in [2.24, 2.45) is 21.7 Å². The van der Waals surface area contributed by atoms with Gasteiger partial charge < -0.3 is 11.5 Å². The zero-order valence-electron chi connectivity index (χ0n) is 6.44. The third-order valence-electron chi connectivity index (χ3n) is 1.10. The molecule has 1 heterocycles. The number of H-pyrrole nitrogens is 1. The predicted octanol–water partition coefficient (Wildman–Crippen LogP) is -0.892. The Balaban J connectivity index is 2.64. The number of nitrogens with one attached hydrogen (secondary N) is 1. The van der Waals surface area contributed by atoms with Gasteiger partial charge in [0.25, 0.3) is 0 Å². The molecule has 0 radical (unpaired) electrons. The average molecular weight is 164 g/mol. The Hall–Kier alpha value is -1.91. The van der Waals surface area contributed by atoms with Crippen molar-refractivity contribution in [3.05, 3.63) is 30.1 Å². The van der Waals surface area contributed by atoms with E-state index in [2.05, 4.69) is 15.2 Å². The second kappa shape index (κ2) is 4.07. The SMILES string of the molecule is NC(N)=N/N=C/c1cccc[nH+]1. The molecule has 1 aromatic heterocycles. The number of aromatic amines is 1. The molecule has 0 saturated carbocycles. The van der Waals surface area contributed by atoms with Crippen molar-refractivity contribution in [1.29, 1.82) is 0 Å². The van der Waals surface area contributed by atoms with Crippen molar-refractivity contribution in [3.8, 4) is 0 Å². The van der Waals surface area contributed by atoms with Gasteiger partial charge in [0.1, 0.15) is 6.21 Å². The van der Waals surface area contributed by atoms with Gasteiger partial charge in [0.15, 0.2) is 6.20 Å². The normalized spacial score (nSPS) is 10.0. The molecule has 5 nitrogen and oxygen atoms in total. The van der Waals surface area contributed by atoms with Crippen LogP contribution in [0.15, 0.2) is 34.6 Å². The van der Waals surface area contributed by atoms with E-state index in [0.717, 1.165) is 5.69 Å². The van der Waals surface area contributed by atoms with Gasteiger partial charge >= 0.3 is 0 Å². The number of aromatic nitrogens is 1. The van der Waals surface area contributed by atoms with Crippen LogP contribution in [0.5, 0.6) is 0 Å². The first-order valence-electron chi connectivity index (χ1n) is 3.38. The lowest BCUT2D eigenvalue weighted by atomic mass is 10.4. The third-order valence-corrected chi connectivity index (χ3v) is 1.10. The van der Waals surface area contributed by atoms with Crippen molar-refractivity contribution in [2.45, 2.75) is 0 Å². The molecule has 0 atom stereocenters. The highest BCUT2D eigenvalue weighted by atomic mass is 15.3. The summed E-state index contributed by atoms with van der Waals surface area (Å²) >= 11 is 0. The summed E-state index contributed by atoms with van der Waals surface area (Å²) in [5.41, 5.74) is 11.0. The van der Waals surface area contributed by atoms with Crippen molar-refractivity contribution < 1.29 is 4.98 Å². The topological polar surface area (TPSA) is 90.9 Å². The summed E-state index contributed by atoms with van der Waals surface area (Å²) < 4.78 is 0. The molecule has 12 heavy (non-hydrogen) atoms. The van der Waals surface area contributed by atoms with Gasteiger partial charge in [0.2, 0.25) is 11.7 Å². The van der Waals surface area contributed by atoms with E-state index in [4.69, 9.17) is 11.5 Å². The van der Waals surface area contributed by atoms with E-state index in [9.17, 15) is 0 Å². The fraction of sp³-hybridized carbons (Fsp3) is 0. The number of nitrogens with two attached hydrogens (primary N) is 2. The Morgan fingerprint density at radius 3 is 2.83 bits per heavy atom. The quantitative estimate of drug-likeness (QED) is 0.337. The van der Waals surface area contributed by atoms with Crippen LogP contribution in [0.2, 0.25) is 0 Å². The van der Waals surface area contributed by atoms with E-state index in [0.29, 0.717) is 0 Å². The minimum absolute atomic E-state index is 0.0535. The lowest BCUT2D eigenvalue weighted by molar-refractivity contribution is -0.379. The zero-order chi connectivity index (χ0) is 8.81. The third kappa shape index (κ3) is 2.78. The Morgan fingerprint density at radius 1 is 1.42 bits per heavy atom. The fourth-order valence-corrected chi connectivity index (χ4v) is 0.645. The van der Waals surface area contributed by atoms with Gasteiger partial charge in [-0.05, 0) is 6.07 Å². The van der Waals surface area contributed by atoms with E-state index in [1.807, 2.05) is 18.2 Å². The minimum Gasteiger partial charge on any atom is -0.369 e. The molecule has 5 heteroatoms. The molecule has 0 unspecified atom stereocenters. The largest absolute Gasteiger partial charge is 0.369 e. The van der Waals surface area contributed by atoms with Crippen LogP contribution in [-0.4, -0.2) is 12.2 Å². The van der Waals surface area contributed by atoms with Gasteiger partial charge in [-0.1, -0.05) is 0 Å². The van der Waals surface area contributed by atoms with Gasteiger partial charge in [-0.15, -0.1) is 10.2 Å². The van der Waals surface area contributed by atoms with Crippen molar-refractivity contribution in [1.82, 2.24) is 0 Å². The standard InChI is InChI=1S/C7H9N5/c8-7(9)12-11-5-6-3-1-2-4-10-6/h1-5H,(H4,8,9,12)/p+1/b11-5+. The molecule has 0 aliphatic carbocycles. The maximum Gasteiger partial charge on any atom is 0.223 e. The van der Waals surface area contributed by atoms with Gasteiger partial charge in [-0.25, -0.2) is 4.98 Å². The lowest BCUT2D eigenvalue weighted by Crippen LogP contribution is -2.21. The first kappa shape index (κ1) is 8.19. The van der Waals surface area contributed by atoms with E-state index < -0.39 is 0 Å². The molecule has 0 fully saturated rings. The highest BCUT2D eigenvalue weighted by molar-refractivity contribution is 5.78. The number of hydrogen-bond acceptors (Lipinski definition) is 2. The molecule has 5 N–H and O–H groups in total. The van der Waals surface area contributed by atoms with Gasteiger partial charge in [0.05, 0.1) is 0 Å². The molecule has 0 amide bonds. The van der Waals surface area contributed by atoms with Crippen LogP contribution < -0.4 is 16.5 Å². The summed E-state index contributed by atoms with van der Waals surface area (Å²) in [5, 5.41) is 7.06. The first-order valence-corrected chi connectivity index (χ1v) is 3.38. The maximum atomic E-state index is 5.06. The lowest BCUT2D eigenvalue weighted by Gasteiger charge is -1.82. The average Bonchev–Trinajstić information content (AvgIpc) is 2.05. The van der Waals surface area contributed by atoms with Crippen LogP contribution in [0.3, 0.4) is 0 Å². The minimum atomic E-state index is -0.0535. The van der Waals surface area contributed by atoms with E-state index in [1.54, 1.807) is 6.20 Å². The second-order valence-electron chi connectivity index (χ2n) is 2.09. The number of rotatable bonds is 2. The zero-order valence-corrected chi connectivity index (χ0v) is 6.44. The predicted molar refractivity (Wildman–Crippen MR) is 46.4 cm³/mol. The van der Waals surface area contributed by atoms with E-state index in [1.165, 1.54) is 6.21 Å². The summed E-state index contributed by atoms with van der Waals surface area (Å²) in [5.74, 6) is -0.0535. The van der Waals surface area contributed by atoms with Crippen LogP contribution in [0.1, 0.15) is 5.69 Å². The van der Waals surface area contributed by atoms with Gasteiger partial charge in [-0.3, -0.25) is 0 Å². The van der Waals surface area contributed by atoms with Crippen LogP contribution in [0, 0.1) is 0 Å². The maximum absolute atomic E-state index is 5.06. The highest BCUT2D eigenvalue weighted by Gasteiger charge is 1.90. The molecule has 0 aromatic carbocycles. The Kier molecular flexibility index (Phi) is 2.78. The molecule has 0 bridgehead atoms. The highest BCUT2D eigenvalue weighted by Crippen LogP contribution is 1.82. The fourth-order valence-electron chi connectivity index (χ4n) is 0.645. The second-order valence-corrected chi connectivity index (χ2v) is 2.09. The molecule has 0 spiro atoms. The number of nitrogens with zero attached hydrogens (tertiary/aromatic N) is 2. The number of hydrogen-bond donors (Lipinski definition) is 2. The summed E-state index contributed by atoms with van der Waals surface area (Å²) in [4.78, 5) is 2.94. The monoisotopic (exact) mass is 164 g/mol. The van der Waals surface area contributed by atoms with Gasteiger partial charge in [-0.2, -0.15) is 0 Å².